The first-order valence-electron chi connectivity index (χ1n) is 7.96. The summed E-state index contributed by atoms with van der Waals surface area (Å²) in [7, 11) is -1.44. The molecule has 1 N–H and O–H groups in total. The van der Waals surface area contributed by atoms with Gasteiger partial charge < -0.3 is 10.2 Å². The van der Waals surface area contributed by atoms with Crippen molar-refractivity contribution in [3.63, 3.8) is 0 Å². The molecule has 1 aromatic rings. The normalized spacial score (nSPS) is 21.1. The van der Waals surface area contributed by atoms with Crippen molar-refractivity contribution in [3.05, 3.63) is 29.3 Å². The Morgan fingerprint density at radius 2 is 2.17 bits per heavy atom. The highest BCUT2D eigenvalue weighted by atomic mass is 32.2. The molecular formula is C16H23N3O3S. The van der Waals surface area contributed by atoms with Crippen LogP contribution in [0.4, 0.5) is 5.69 Å². The summed E-state index contributed by atoms with van der Waals surface area (Å²) in [5.74, 6) is -0.00187. The molecule has 126 valence electrons. The lowest BCUT2D eigenvalue weighted by Gasteiger charge is -2.30. The van der Waals surface area contributed by atoms with Crippen LogP contribution in [0.3, 0.4) is 0 Å². The van der Waals surface area contributed by atoms with Gasteiger partial charge in [0.05, 0.1) is 11.9 Å². The van der Waals surface area contributed by atoms with Gasteiger partial charge in [0, 0.05) is 31.7 Å². The van der Waals surface area contributed by atoms with Gasteiger partial charge in [0.2, 0.25) is 10.0 Å². The Morgan fingerprint density at radius 1 is 1.39 bits per heavy atom. The van der Waals surface area contributed by atoms with Crippen LogP contribution in [0.2, 0.25) is 0 Å². The molecule has 1 amide bonds. The van der Waals surface area contributed by atoms with Gasteiger partial charge in [-0.15, -0.1) is 0 Å². The van der Waals surface area contributed by atoms with Gasteiger partial charge in [-0.3, -0.25) is 9.10 Å². The van der Waals surface area contributed by atoms with Gasteiger partial charge in [-0.1, -0.05) is 0 Å². The number of nitrogens with zero attached hydrogens (tertiary/aromatic N) is 2. The highest BCUT2D eigenvalue weighted by molar-refractivity contribution is 7.92. The van der Waals surface area contributed by atoms with Crippen LogP contribution in [0, 0.1) is 0 Å². The zero-order valence-corrected chi connectivity index (χ0v) is 14.4. The summed E-state index contributed by atoms with van der Waals surface area (Å²) in [6.07, 6.45) is 3.77. The van der Waals surface area contributed by atoms with E-state index in [2.05, 4.69) is 5.32 Å². The molecule has 1 aromatic carbocycles. The van der Waals surface area contributed by atoms with Crippen molar-refractivity contribution in [1.82, 2.24) is 10.2 Å². The molecule has 0 saturated carbocycles. The number of carbonyl (C=O) groups excluding carboxylic acids is 1. The molecule has 2 aliphatic rings. The smallest absolute Gasteiger partial charge is 0.253 e. The second kappa shape index (κ2) is 6.13. The number of benzene rings is 1. The number of amides is 1. The van der Waals surface area contributed by atoms with Crippen LogP contribution < -0.4 is 9.62 Å². The first-order valence-corrected chi connectivity index (χ1v) is 9.81. The Labute approximate surface area is 137 Å². The number of hydrogen-bond acceptors (Lipinski definition) is 4. The minimum atomic E-state index is -3.27. The van der Waals surface area contributed by atoms with Crippen LogP contribution >= 0.6 is 0 Å². The molecule has 7 heteroatoms. The van der Waals surface area contributed by atoms with E-state index in [1.807, 2.05) is 13.1 Å². The maximum absolute atomic E-state index is 12.7. The standard InChI is InChI=1S/C16H23N3O3S/c1-18(14-7-8-17-11-14)16(20)13-5-6-15-12(10-13)4-3-9-19(15)23(2,21)22/h5-6,10,14,17H,3-4,7-9,11H2,1-2H3. The van der Waals surface area contributed by atoms with Gasteiger partial charge in [-0.2, -0.15) is 0 Å². The summed E-state index contributed by atoms with van der Waals surface area (Å²) in [5.41, 5.74) is 2.28. The van der Waals surface area contributed by atoms with Crippen LogP contribution in [0.1, 0.15) is 28.8 Å². The van der Waals surface area contributed by atoms with Crippen molar-refractivity contribution < 1.29 is 13.2 Å². The minimum absolute atomic E-state index is 0.00187. The molecule has 2 heterocycles. The number of sulfonamides is 1. The molecule has 0 bridgehead atoms. The summed E-state index contributed by atoms with van der Waals surface area (Å²) in [5, 5.41) is 3.26. The molecular weight excluding hydrogens is 314 g/mol. The van der Waals surface area contributed by atoms with Crippen molar-refractivity contribution in [2.45, 2.75) is 25.3 Å². The number of fused-ring (bicyclic) bond motifs is 1. The predicted octanol–water partition coefficient (Wildman–Crippen LogP) is 0.833. The van der Waals surface area contributed by atoms with Gasteiger partial charge >= 0.3 is 0 Å². The molecule has 0 aliphatic carbocycles. The van der Waals surface area contributed by atoms with Crippen LogP contribution in [0.25, 0.3) is 0 Å². The van der Waals surface area contributed by atoms with Crippen molar-refractivity contribution >= 4 is 21.6 Å². The van der Waals surface area contributed by atoms with E-state index in [4.69, 9.17) is 0 Å². The van der Waals surface area contributed by atoms with Gasteiger partial charge in [0.25, 0.3) is 5.91 Å². The summed E-state index contributed by atoms with van der Waals surface area (Å²) >= 11 is 0. The van der Waals surface area contributed by atoms with Crippen molar-refractivity contribution in [3.8, 4) is 0 Å². The van der Waals surface area contributed by atoms with Gasteiger partial charge in [-0.25, -0.2) is 8.42 Å². The first kappa shape index (κ1) is 16.3. The molecule has 3 rings (SSSR count). The molecule has 6 nitrogen and oxygen atoms in total. The fourth-order valence-corrected chi connectivity index (χ4v) is 4.38. The lowest BCUT2D eigenvalue weighted by Crippen LogP contribution is -2.38. The van der Waals surface area contributed by atoms with Gasteiger partial charge in [0.1, 0.15) is 0 Å². The molecule has 1 atom stereocenters. The van der Waals surface area contributed by atoms with Crippen LogP contribution in [0.5, 0.6) is 0 Å². The molecule has 0 radical (unpaired) electrons. The molecule has 1 unspecified atom stereocenters. The Balaban J connectivity index is 1.87. The molecule has 1 fully saturated rings. The van der Waals surface area contributed by atoms with Crippen molar-refractivity contribution in [2.24, 2.45) is 0 Å². The number of aryl methyl sites for hydroxylation is 1. The van der Waals surface area contributed by atoms with E-state index >= 15 is 0 Å². The zero-order valence-electron chi connectivity index (χ0n) is 13.6. The topological polar surface area (TPSA) is 69.7 Å². The average molecular weight is 337 g/mol. The fourth-order valence-electron chi connectivity index (χ4n) is 3.38. The quantitative estimate of drug-likeness (QED) is 0.887. The maximum atomic E-state index is 12.7. The monoisotopic (exact) mass is 337 g/mol. The Bertz CT molecular complexity index is 711. The molecule has 0 spiro atoms. The van der Waals surface area contributed by atoms with E-state index < -0.39 is 10.0 Å². The van der Waals surface area contributed by atoms with E-state index in [9.17, 15) is 13.2 Å². The Morgan fingerprint density at radius 3 is 2.83 bits per heavy atom. The lowest BCUT2D eigenvalue weighted by molar-refractivity contribution is 0.0743. The third kappa shape index (κ3) is 3.21. The average Bonchev–Trinajstić information content (AvgIpc) is 3.05. The van der Waals surface area contributed by atoms with E-state index in [1.165, 1.54) is 10.6 Å². The van der Waals surface area contributed by atoms with Gasteiger partial charge in [0.15, 0.2) is 0 Å². The number of rotatable bonds is 3. The van der Waals surface area contributed by atoms with Crippen LogP contribution in [0.15, 0.2) is 18.2 Å². The van der Waals surface area contributed by atoms with Crippen LogP contribution in [-0.2, 0) is 16.4 Å². The SMILES string of the molecule is CN(C(=O)c1ccc2c(c1)CCCN2S(C)(=O)=O)C1CCNC1. The molecule has 1 saturated heterocycles. The number of anilines is 1. The summed E-state index contributed by atoms with van der Waals surface area (Å²) in [6.45, 7) is 2.28. The summed E-state index contributed by atoms with van der Waals surface area (Å²) in [6, 6.07) is 5.59. The second-order valence-corrected chi connectivity index (χ2v) is 8.25. The highest BCUT2D eigenvalue weighted by Gasteiger charge is 2.27. The second-order valence-electron chi connectivity index (χ2n) is 6.34. The number of nitrogens with one attached hydrogen (secondary N) is 1. The third-order valence-electron chi connectivity index (χ3n) is 4.71. The third-order valence-corrected chi connectivity index (χ3v) is 5.89. The summed E-state index contributed by atoms with van der Waals surface area (Å²) in [4.78, 5) is 14.5. The summed E-state index contributed by atoms with van der Waals surface area (Å²) < 4.78 is 25.2. The Hall–Kier alpha value is -1.60. The predicted molar refractivity (Wildman–Crippen MR) is 90.3 cm³/mol. The Kier molecular flexibility index (Phi) is 4.33. The lowest BCUT2D eigenvalue weighted by atomic mass is 10.00. The van der Waals surface area contributed by atoms with Gasteiger partial charge in [-0.05, 0) is 49.6 Å². The first-order chi connectivity index (χ1) is 10.9. The molecule has 23 heavy (non-hydrogen) atoms. The zero-order chi connectivity index (χ0) is 16.6. The highest BCUT2D eigenvalue weighted by Crippen LogP contribution is 2.30. The van der Waals surface area contributed by atoms with E-state index in [0.717, 1.165) is 37.9 Å². The van der Waals surface area contributed by atoms with E-state index in [0.29, 0.717) is 17.8 Å². The van der Waals surface area contributed by atoms with Crippen molar-refractivity contribution in [1.29, 1.82) is 0 Å². The maximum Gasteiger partial charge on any atom is 0.253 e. The number of hydrogen-bond donors (Lipinski definition) is 1. The fraction of sp³-hybridized carbons (Fsp3) is 0.562. The number of carbonyl (C=O) groups is 1. The largest absolute Gasteiger partial charge is 0.337 e. The molecule has 2 aliphatic heterocycles. The molecule has 0 aromatic heterocycles. The minimum Gasteiger partial charge on any atom is -0.337 e. The van der Waals surface area contributed by atoms with Crippen molar-refractivity contribution in [2.75, 3.05) is 37.2 Å². The van der Waals surface area contributed by atoms with E-state index in [1.54, 1.807) is 17.0 Å². The van der Waals surface area contributed by atoms with E-state index in [-0.39, 0.29) is 11.9 Å². The van der Waals surface area contributed by atoms with Crippen LogP contribution in [-0.4, -0.2) is 58.2 Å². The number of likely N-dealkylation sites (N-methyl/N-ethyl adjacent to an activating group) is 1.